The van der Waals surface area contributed by atoms with Gasteiger partial charge in [-0.25, -0.2) is 0 Å². The van der Waals surface area contributed by atoms with E-state index in [-0.39, 0.29) is 18.8 Å². The van der Waals surface area contributed by atoms with Gasteiger partial charge in [0, 0.05) is 24.1 Å². The molecule has 16 heavy (non-hydrogen) atoms. The van der Waals surface area contributed by atoms with Crippen molar-refractivity contribution in [3.8, 4) is 0 Å². The van der Waals surface area contributed by atoms with Crippen LogP contribution in [0.2, 0.25) is 0 Å². The van der Waals surface area contributed by atoms with Crippen molar-refractivity contribution >= 4 is 26.1 Å². The summed E-state index contributed by atoms with van der Waals surface area (Å²) in [4.78, 5) is 0. The average Bonchev–Trinajstić information content (AvgIpc) is 2.13. The third-order valence-electron chi connectivity index (χ3n) is 2.17. The van der Waals surface area contributed by atoms with Gasteiger partial charge >= 0.3 is 0 Å². The lowest BCUT2D eigenvalue weighted by Crippen LogP contribution is -2.52. The van der Waals surface area contributed by atoms with Gasteiger partial charge in [0.1, 0.15) is 0 Å². The van der Waals surface area contributed by atoms with Crippen LogP contribution in [0.1, 0.15) is 13.8 Å². The minimum Gasteiger partial charge on any atom is -0.373 e. The zero-order chi connectivity index (χ0) is 12.3. The Balaban J connectivity index is 2.64. The van der Waals surface area contributed by atoms with Crippen LogP contribution in [0.4, 0.5) is 0 Å². The summed E-state index contributed by atoms with van der Waals surface area (Å²) in [6, 6.07) is 0. The molecule has 0 saturated carbocycles. The van der Waals surface area contributed by atoms with Gasteiger partial charge in [0.25, 0.3) is 10.2 Å². The second kappa shape index (κ2) is 5.59. The maximum absolute atomic E-state index is 11.9. The van der Waals surface area contributed by atoms with Gasteiger partial charge < -0.3 is 4.74 Å². The van der Waals surface area contributed by atoms with Crippen LogP contribution in [0.5, 0.6) is 0 Å². The molecule has 5 nitrogen and oxygen atoms in total. The fourth-order valence-electron chi connectivity index (χ4n) is 1.59. The molecule has 1 aliphatic rings. The number of nitrogens with one attached hydrogen (secondary N) is 1. The number of hydrogen-bond acceptors (Lipinski definition) is 3. The smallest absolute Gasteiger partial charge is 0.279 e. The lowest BCUT2D eigenvalue weighted by molar-refractivity contribution is -0.0443. The van der Waals surface area contributed by atoms with E-state index in [2.05, 4.69) is 27.2 Å². The Morgan fingerprint density at radius 1 is 1.50 bits per heavy atom. The third kappa shape index (κ3) is 4.14. The van der Waals surface area contributed by atoms with E-state index in [0.29, 0.717) is 17.6 Å². The first kappa shape index (κ1) is 14.1. The highest BCUT2D eigenvalue weighted by molar-refractivity contribution is 9.11. The van der Waals surface area contributed by atoms with Crippen LogP contribution in [-0.4, -0.2) is 44.6 Å². The molecule has 0 bridgehead atoms. The van der Waals surface area contributed by atoms with E-state index in [1.165, 1.54) is 4.31 Å². The van der Waals surface area contributed by atoms with Crippen molar-refractivity contribution < 1.29 is 13.2 Å². The molecule has 0 spiro atoms. The highest BCUT2D eigenvalue weighted by Gasteiger charge is 2.30. The zero-order valence-electron chi connectivity index (χ0n) is 9.44. The van der Waals surface area contributed by atoms with Crippen molar-refractivity contribution in [2.24, 2.45) is 0 Å². The van der Waals surface area contributed by atoms with Gasteiger partial charge in [0.05, 0.1) is 12.2 Å². The van der Waals surface area contributed by atoms with Crippen LogP contribution < -0.4 is 4.72 Å². The summed E-state index contributed by atoms with van der Waals surface area (Å²) in [6.45, 7) is 8.27. The molecular weight excluding hydrogens is 296 g/mol. The van der Waals surface area contributed by atoms with Crippen LogP contribution >= 0.6 is 15.9 Å². The van der Waals surface area contributed by atoms with Crippen LogP contribution in [0.15, 0.2) is 11.1 Å². The predicted octanol–water partition coefficient (Wildman–Crippen LogP) is 0.839. The molecular formula is C9H17BrN2O3S. The SMILES string of the molecule is C=C(Br)CNS(=O)(=O)N1CC(C)OC(C)C1. The molecule has 0 aromatic rings. The van der Waals surface area contributed by atoms with E-state index in [1.54, 1.807) is 0 Å². The molecule has 0 amide bonds. The number of rotatable bonds is 4. The van der Waals surface area contributed by atoms with Gasteiger partial charge in [-0.3, -0.25) is 0 Å². The molecule has 0 aromatic heterocycles. The Hall–Kier alpha value is 0.0500. The summed E-state index contributed by atoms with van der Waals surface area (Å²) in [5.74, 6) is 0. The Kier molecular flexibility index (Phi) is 4.93. The molecule has 1 aliphatic heterocycles. The Bertz CT molecular complexity index is 348. The number of ether oxygens (including phenoxy) is 1. The molecule has 0 radical (unpaired) electrons. The maximum Gasteiger partial charge on any atom is 0.279 e. The minimum atomic E-state index is -3.43. The largest absolute Gasteiger partial charge is 0.373 e. The van der Waals surface area contributed by atoms with Crippen molar-refractivity contribution in [1.82, 2.24) is 9.03 Å². The van der Waals surface area contributed by atoms with E-state index in [1.807, 2.05) is 13.8 Å². The van der Waals surface area contributed by atoms with Crippen molar-refractivity contribution in [2.45, 2.75) is 26.1 Å². The summed E-state index contributed by atoms with van der Waals surface area (Å²) in [7, 11) is -3.43. The highest BCUT2D eigenvalue weighted by atomic mass is 79.9. The van der Waals surface area contributed by atoms with E-state index < -0.39 is 10.2 Å². The Morgan fingerprint density at radius 2 is 2.00 bits per heavy atom. The molecule has 0 aliphatic carbocycles. The van der Waals surface area contributed by atoms with Crippen LogP contribution in [0.25, 0.3) is 0 Å². The number of hydrogen-bond donors (Lipinski definition) is 1. The fraction of sp³-hybridized carbons (Fsp3) is 0.778. The van der Waals surface area contributed by atoms with E-state index in [0.717, 1.165) is 0 Å². The zero-order valence-corrected chi connectivity index (χ0v) is 11.8. The predicted molar refractivity (Wildman–Crippen MR) is 66.6 cm³/mol. The fourth-order valence-corrected chi connectivity index (χ4v) is 3.27. The topological polar surface area (TPSA) is 58.6 Å². The second-order valence-corrected chi connectivity index (χ2v) is 6.79. The van der Waals surface area contributed by atoms with Crippen LogP contribution in [0, 0.1) is 0 Å². The maximum atomic E-state index is 11.9. The first-order valence-electron chi connectivity index (χ1n) is 5.04. The second-order valence-electron chi connectivity index (χ2n) is 3.92. The standard InChI is InChI=1S/C9H17BrN2O3S/c1-7(10)4-11-16(13,14)12-5-8(2)15-9(3)6-12/h8-9,11H,1,4-6H2,2-3H3. The van der Waals surface area contributed by atoms with Gasteiger partial charge in [-0.2, -0.15) is 17.4 Å². The minimum absolute atomic E-state index is 0.0764. The summed E-state index contributed by atoms with van der Waals surface area (Å²) in [5, 5.41) is 0. The quantitative estimate of drug-likeness (QED) is 0.837. The number of halogens is 1. The Labute approximate surface area is 105 Å². The molecule has 2 unspecified atom stereocenters. The van der Waals surface area contributed by atoms with Crippen molar-refractivity contribution in [3.63, 3.8) is 0 Å². The summed E-state index contributed by atoms with van der Waals surface area (Å²) < 4.78 is 33.7. The lowest BCUT2D eigenvalue weighted by Gasteiger charge is -2.34. The molecule has 1 fully saturated rings. The monoisotopic (exact) mass is 312 g/mol. The van der Waals surface area contributed by atoms with Gasteiger partial charge in [0.2, 0.25) is 0 Å². The summed E-state index contributed by atoms with van der Waals surface area (Å²) in [6.07, 6.45) is -0.153. The van der Waals surface area contributed by atoms with E-state index in [9.17, 15) is 8.42 Å². The van der Waals surface area contributed by atoms with Gasteiger partial charge in [-0.05, 0) is 13.8 Å². The lowest BCUT2D eigenvalue weighted by atomic mass is 10.3. The molecule has 94 valence electrons. The molecule has 1 rings (SSSR count). The van der Waals surface area contributed by atoms with Gasteiger partial charge in [-0.1, -0.05) is 22.5 Å². The molecule has 2 atom stereocenters. The van der Waals surface area contributed by atoms with E-state index >= 15 is 0 Å². The normalized spacial score (nSPS) is 27.9. The Morgan fingerprint density at radius 3 is 2.44 bits per heavy atom. The molecule has 1 N–H and O–H groups in total. The van der Waals surface area contributed by atoms with Crippen molar-refractivity contribution in [3.05, 3.63) is 11.1 Å². The van der Waals surface area contributed by atoms with Gasteiger partial charge in [-0.15, -0.1) is 0 Å². The van der Waals surface area contributed by atoms with Gasteiger partial charge in [0.15, 0.2) is 0 Å². The van der Waals surface area contributed by atoms with Crippen molar-refractivity contribution in [1.29, 1.82) is 0 Å². The first-order valence-corrected chi connectivity index (χ1v) is 7.28. The van der Waals surface area contributed by atoms with E-state index in [4.69, 9.17) is 4.74 Å². The first-order chi connectivity index (χ1) is 7.31. The molecule has 1 saturated heterocycles. The molecule has 7 heteroatoms. The summed E-state index contributed by atoms with van der Waals surface area (Å²) in [5.41, 5.74) is 0. The summed E-state index contributed by atoms with van der Waals surface area (Å²) >= 11 is 3.11. The van der Waals surface area contributed by atoms with Crippen LogP contribution in [0.3, 0.4) is 0 Å². The number of nitrogens with zero attached hydrogens (tertiary/aromatic N) is 1. The van der Waals surface area contributed by atoms with Crippen LogP contribution in [-0.2, 0) is 14.9 Å². The molecule has 1 heterocycles. The number of morpholine rings is 1. The van der Waals surface area contributed by atoms with Crippen molar-refractivity contribution in [2.75, 3.05) is 19.6 Å². The molecule has 0 aromatic carbocycles. The highest BCUT2D eigenvalue weighted by Crippen LogP contribution is 2.13. The average molecular weight is 313 g/mol. The third-order valence-corrected chi connectivity index (χ3v) is 3.94.